The molecule has 3 saturated carbocycles. The number of ether oxygens (including phenoxy) is 1. The highest BCUT2D eigenvalue weighted by molar-refractivity contribution is 5.85. The Morgan fingerprint density at radius 2 is 2.00 bits per heavy atom. The van der Waals surface area contributed by atoms with Gasteiger partial charge in [0.15, 0.2) is 0 Å². The van der Waals surface area contributed by atoms with Gasteiger partial charge in [-0.15, -0.1) is 0 Å². The van der Waals surface area contributed by atoms with Gasteiger partial charge in [-0.2, -0.15) is 0 Å². The van der Waals surface area contributed by atoms with E-state index in [1.54, 1.807) is 0 Å². The highest BCUT2D eigenvalue weighted by Crippen LogP contribution is 2.71. The molecule has 3 rings (SSSR count). The summed E-state index contributed by atoms with van der Waals surface area (Å²) >= 11 is 0. The maximum Gasteiger partial charge on any atom is 0.302 e. The van der Waals surface area contributed by atoms with Gasteiger partial charge in [0.1, 0.15) is 11.9 Å². The van der Waals surface area contributed by atoms with Gasteiger partial charge < -0.3 is 4.74 Å². The van der Waals surface area contributed by atoms with Crippen molar-refractivity contribution in [2.24, 2.45) is 28.6 Å². The summed E-state index contributed by atoms with van der Waals surface area (Å²) in [4.78, 5) is 24.0. The van der Waals surface area contributed by atoms with E-state index < -0.39 is 0 Å². The van der Waals surface area contributed by atoms with Crippen LogP contribution in [0.1, 0.15) is 47.0 Å². The van der Waals surface area contributed by atoms with Crippen LogP contribution in [0.2, 0.25) is 0 Å². The van der Waals surface area contributed by atoms with Crippen LogP contribution in [-0.2, 0) is 14.3 Å². The summed E-state index contributed by atoms with van der Waals surface area (Å²) in [5.74, 6) is 0.578. The van der Waals surface area contributed by atoms with E-state index in [1.165, 1.54) is 12.5 Å². The van der Waals surface area contributed by atoms with Crippen molar-refractivity contribution in [1.29, 1.82) is 0 Å². The van der Waals surface area contributed by atoms with Crippen molar-refractivity contribution in [3.8, 4) is 0 Å². The van der Waals surface area contributed by atoms with E-state index in [2.05, 4.69) is 27.4 Å². The molecule has 0 radical (unpaired) electrons. The molecule has 0 aromatic heterocycles. The van der Waals surface area contributed by atoms with E-state index in [0.29, 0.717) is 18.1 Å². The van der Waals surface area contributed by atoms with Gasteiger partial charge in [-0.05, 0) is 17.8 Å². The van der Waals surface area contributed by atoms with Crippen LogP contribution >= 0.6 is 0 Å². The van der Waals surface area contributed by atoms with Crippen molar-refractivity contribution >= 4 is 11.8 Å². The number of hydrogen-bond donors (Lipinski definition) is 0. The molecule has 3 aliphatic carbocycles. The molecule has 2 bridgehead atoms. The molecule has 0 amide bonds. The van der Waals surface area contributed by atoms with E-state index in [1.807, 2.05) is 0 Å². The van der Waals surface area contributed by atoms with Gasteiger partial charge in [0, 0.05) is 37.0 Å². The molecule has 0 heterocycles. The molecule has 0 unspecified atom stereocenters. The van der Waals surface area contributed by atoms with Crippen molar-refractivity contribution in [3.05, 3.63) is 12.2 Å². The van der Waals surface area contributed by atoms with Crippen LogP contribution in [0.15, 0.2) is 12.2 Å². The van der Waals surface area contributed by atoms with Crippen LogP contribution in [0.5, 0.6) is 0 Å². The number of Topliss-reactive ketones (excluding diaryl/α,β-unsaturated/α-hetero) is 1. The predicted octanol–water partition coefficient (Wildman–Crippen LogP) is 3.14. The summed E-state index contributed by atoms with van der Waals surface area (Å²) in [7, 11) is 0. The molecule has 3 fully saturated rings. The Bertz CT molecular complexity index is 504. The van der Waals surface area contributed by atoms with Crippen LogP contribution in [0.3, 0.4) is 0 Å². The zero-order chi connectivity index (χ0) is 14.9. The first-order chi connectivity index (χ1) is 9.20. The first-order valence-electron chi connectivity index (χ1n) is 7.58. The molecule has 3 heteroatoms. The molecule has 0 spiro atoms. The van der Waals surface area contributed by atoms with Crippen LogP contribution < -0.4 is 0 Å². The van der Waals surface area contributed by atoms with Crippen LogP contribution in [0.25, 0.3) is 0 Å². The Morgan fingerprint density at radius 1 is 1.35 bits per heavy atom. The second-order valence-electron chi connectivity index (χ2n) is 7.74. The zero-order valence-corrected chi connectivity index (χ0v) is 12.9. The van der Waals surface area contributed by atoms with E-state index in [9.17, 15) is 9.59 Å². The molecule has 0 N–H and O–H groups in total. The number of carbonyl (C=O) groups is 2. The third-order valence-electron chi connectivity index (χ3n) is 6.10. The van der Waals surface area contributed by atoms with Gasteiger partial charge in [-0.3, -0.25) is 9.59 Å². The average Bonchev–Trinajstić information content (AvgIpc) is 2.66. The molecule has 3 nitrogen and oxygen atoms in total. The Morgan fingerprint density at radius 3 is 2.60 bits per heavy atom. The van der Waals surface area contributed by atoms with E-state index in [4.69, 9.17) is 4.74 Å². The highest BCUT2D eigenvalue weighted by atomic mass is 16.5. The standard InChI is InChI=1S/C17H24O3/c1-9-6-12(19)14-15-13(20-11(3)18)7-10(2)17(9,15)8-16(14,4)5/h9,13-15H,2,6-8H2,1,3-5H3/t9-,13+,14-,15+,17+/m0/s1. The lowest BCUT2D eigenvalue weighted by molar-refractivity contribution is -0.154. The highest BCUT2D eigenvalue weighted by Gasteiger charge is 2.70. The number of hydrogen-bond acceptors (Lipinski definition) is 3. The van der Waals surface area contributed by atoms with Crippen LogP contribution in [0.4, 0.5) is 0 Å². The van der Waals surface area contributed by atoms with Crippen molar-refractivity contribution in [3.63, 3.8) is 0 Å². The quantitative estimate of drug-likeness (QED) is 0.546. The topological polar surface area (TPSA) is 43.4 Å². The fourth-order valence-corrected chi connectivity index (χ4v) is 5.66. The second-order valence-corrected chi connectivity index (χ2v) is 7.74. The minimum Gasteiger partial charge on any atom is -0.462 e. The van der Waals surface area contributed by atoms with Gasteiger partial charge in [0.25, 0.3) is 0 Å². The van der Waals surface area contributed by atoms with Gasteiger partial charge in [0.05, 0.1) is 0 Å². The predicted molar refractivity (Wildman–Crippen MR) is 75.9 cm³/mol. The smallest absolute Gasteiger partial charge is 0.302 e. The van der Waals surface area contributed by atoms with E-state index in [-0.39, 0.29) is 34.7 Å². The summed E-state index contributed by atoms with van der Waals surface area (Å²) in [6, 6.07) is 0. The molecule has 110 valence electrons. The molecule has 0 saturated heterocycles. The second kappa shape index (κ2) is 3.96. The van der Waals surface area contributed by atoms with Crippen LogP contribution in [-0.4, -0.2) is 17.9 Å². The van der Waals surface area contributed by atoms with Crippen molar-refractivity contribution < 1.29 is 14.3 Å². The Balaban J connectivity index is 2.10. The van der Waals surface area contributed by atoms with Gasteiger partial charge in [-0.25, -0.2) is 0 Å². The first-order valence-corrected chi connectivity index (χ1v) is 7.58. The molecule has 3 aliphatic rings. The maximum atomic E-state index is 12.6. The van der Waals surface area contributed by atoms with E-state index in [0.717, 1.165) is 12.8 Å². The molecule has 0 aliphatic heterocycles. The third kappa shape index (κ3) is 1.52. The average molecular weight is 276 g/mol. The number of rotatable bonds is 1. The molecule has 0 aromatic carbocycles. The molecule has 5 atom stereocenters. The minimum atomic E-state index is -0.247. The fourth-order valence-electron chi connectivity index (χ4n) is 5.66. The van der Waals surface area contributed by atoms with Gasteiger partial charge in [-0.1, -0.05) is 32.9 Å². The normalized spacial score (nSPS) is 45.4. The molecular weight excluding hydrogens is 252 g/mol. The third-order valence-corrected chi connectivity index (χ3v) is 6.10. The lowest BCUT2D eigenvalue weighted by Gasteiger charge is -2.42. The van der Waals surface area contributed by atoms with Crippen molar-refractivity contribution in [2.45, 2.75) is 53.1 Å². The van der Waals surface area contributed by atoms with Gasteiger partial charge in [0.2, 0.25) is 0 Å². The van der Waals surface area contributed by atoms with Gasteiger partial charge >= 0.3 is 5.97 Å². The lowest BCUT2D eigenvalue weighted by atomic mass is 9.61. The first kappa shape index (κ1) is 13.8. The SMILES string of the molecule is C=C1C[C@@H](OC(C)=O)[C@@H]2[C@@H]3C(=O)C[C@H](C)[C@]12CC3(C)C. The summed E-state index contributed by atoms with van der Waals surface area (Å²) < 4.78 is 5.56. The Labute approximate surface area is 120 Å². The number of ketones is 1. The van der Waals surface area contributed by atoms with Crippen molar-refractivity contribution in [2.75, 3.05) is 0 Å². The zero-order valence-electron chi connectivity index (χ0n) is 12.9. The Kier molecular flexibility index (Phi) is 2.74. The summed E-state index contributed by atoms with van der Waals surface area (Å²) in [5.41, 5.74) is 1.18. The summed E-state index contributed by atoms with van der Waals surface area (Å²) in [5, 5.41) is 0. The monoisotopic (exact) mass is 276 g/mol. The fraction of sp³-hybridized carbons (Fsp3) is 0.765. The summed E-state index contributed by atoms with van der Waals surface area (Å²) in [6.07, 6.45) is 2.22. The molecule has 0 aromatic rings. The minimum absolute atomic E-state index is 0.00218. The lowest BCUT2D eigenvalue weighted by Crippen LogP contribution is -2.45. The largest absolute Gasteiger partial charge is 0.462 e. The number of esters is 1. The summed E-state index contributed by atoms with van der Waals surface area (Å²) in [6.45, 7) is 12.3. The Hall–Kier alpha value is -1.12. The number of carbonyl (C=O) groups excluding carboxylic acids is 2. The maximum absolute atomic E-state index is 12.6. The molecule has 20 heavy (non-hydrogen) atoms. The van der Waals surface area contributed by atoms with E-state index >= 15 is 0 Å². The molecular formula is C17H24O3. The van der Waals surface area contributed by atoms with Crippen LogP contribution in [0, 0.1) is 28.6 Å². The van der Waals surface area contributed by atoms with Crippen molar-refractivity contribution in [1.82, 2.24) is 0 Å².